The zero-order chi connectivity index (χ0) is 13.9. The number of benzene rings is 1. The van der Waals surface area contributed by atoms with Crippen LogP contribution in [-0.2, 0) is 13.2 Å². The van der Waals surface area contributed by atoms with E-state index in [9.17, 15) is 12.9 Å². The van der Waals surface area contributed by atoms with E-state index in [1.807, 2.05) is 6.92 Å². The molecule has 3 nitrogen and oxygen atoms in total. The first-order valence-corrected chi connectivity index (χ1v) is 5.93. The van der Waals surface area contributed by atoms with Crippen LogP contribution in [-0.4, -0.2) is 16.8 Å². The summed E-state index contributed by atoms with van der Waals surface area (Å²) < 4.78 is 44.8. The van der Waals surface area contributed by atoms with Gasteiger partial charge in [-0.3, -0.25) is 4.68 Å². The van der Waals surface area contributed by atoms with Crippen molar-refractivity contribution in [1.82, 2.24) is 9.78 Å². The molecule has 0 saturated heterocycles. The topological polar surface area (TPSA) is 27.1 Å². The molecule has 0 aliphatic rings. The minimum atomic E-state index is -4.99. The van der Waals surface area contributed by atoms with Crippen LogP contribution in [0.1, 0.15) is 12.5 Å². The summed E-state index contributed by atoms with van der Waals surface area (Å²) in [4.78, 5) is 0. The van der Waals surface area contributed by atoms with Gasteiger partial charge in [0, 0.05) is 18.3 Å². The van der Waals surface area contributed by atoms with Gasteiger partial charge in [-0.05, 0) is 19.1 Å². The second kappa shape index (κ2) is 7.65. The number of halogens is 3. The van der Waals surface area contributed by atoms with E-state index in [0.29, 0.717) is 0 Å². The summed E-state index contributed by atoms with van der Waals surface area (Å²) >= 11 is 0. The monoisotopic (exact) mass is 308 g/mol. The molecule has 0 saturated carbocycles. The van der Waals surface area contributed by atoms with E-state index in [0.717, 1.165) is 24.2 Å². The third-order valence-electron chi connectivity index (χ3n) is 2.65. The van der Waals surface area contributed by atoms with Crippen molar-refractivity contribution in [2.24, 2.45) is 0 Å². The fourth-order valence-corrected chi connectivity index (χ4v) is 1.63. The van der Waals surface area contributed by atoms with Crippen molar-refractivity contribution in [3.8, 4) is 5.75 Å². The zero-order valence-electron chi connectivity index (χ0n) is 11.4. The Hall–Kier alpha value is -0.279. The molecule has 0 unspecified atom stereocenters. The fraction of sp³-hybridized carbons (Fsp3) is 0.250. The van der Waals surface area contributed by atoms with E-state index in [1.54, 1.807) is 17.1 Å². The van der Waals surface area contributed by atoms with Crippen LogP contribution in [0.15, 0.2) is 36.7 Å². The summed E-state index contributed by atoms with van der Waals surface area (Å²) in [6.45, 7) is -2.10. The van der Waals surface area contributed by atoms with Gasteiger partial charge in [0.05, 0.1) is 6.20 Å². The molecule has 0 atom stereocenters. The van der Waals surface area contributed by atoms with Crippen molar-refractivity contribution in [2.45, 2.75) is 20.1 Å². The minimum Gasteiger partial charge on any atom is -0.489 e. The number of ether oxygens (including phenoxy) is 1. The zero-order valence-corrected chi connectivity index (χ0v) is 14.5. The first kappa shape index (κ1) is 17.8. The second-order valence-corrected chi connectivity index (χ2v) is 4.14. The number of nitrogens with zero attached hydrogens (tertiary/aromatic N) is 2. The molecule has 102 valence electrons. The Balaban J connectivity index is 0.00000200. The Morgan fingerprint density at radius 3 is 2.65 bits per heavy atom. The van der Waals surface area contributed by atoms with Crippen LogP contribution < -0.4 is 61.6 Å². The predicted molar refractivity (Wildman–Crippen MR) is 67.4 cm³/mol. The molecule has 0 spiro atoms. The molecule has 0 bridgehead atoms. The van der Waals surface area contributed by atoms with Crippen molar-refractivity contribution < 1.29 is 69.1 Å². The second-order valence-electron chi connectivity index (χ2n) is 4.14. The van der Waals surface area contributed by atoms with Gasteiger partial charge in [0.15, 0.2) is 0 Å². The molecule has 0 amide bonds. The molecule has 0 N–H and O–H groups in total. The number of aromatic nitrogens is 2. The first-order chi connectivity index (χ1) is 8.99. The number of rotatable bonds is 5. The average molecular weight is 308 g/mol. The molecule has 1 aromatic heterocycles. The van der Waals surface area contributed by atoms with Crippen molar-refractivity contribution >= 4 is 12.4 Å². The Labute approximate surface area is 158 Å². The summed E-state index contributed by atoms with van der Waals surface area (Å²) in [5.74, 6) is 0.209. The third-order valence-corrected chi connectivity index (χ3v) is 2.65. The molecule has 20 heavy (non-hydrogen) atoms. The van der Waals surface area contributed by atoms with Crippen LogP contribution in [0, 0.1) is 0 Å². The van der Waals surface area contributed by atoms with Crippen LogP contribution in [0.2, 0.25) is 0 Å². The maximum Gasteiger partial charge on any atom is 1.00 e. The molecule has 8 heteroatoms. The number of aryl methyl sites for hydroxylation is 1. The van der Waals surface area contributed by atoms with Gasteiger partial charge in [-0.1, -0.05) is 12.1 Å². The van der Waals surface area contributed by atoms with Gasteiger partial charge >= 0.3 is 58.4 Å². The quantitative estimate of drug-likeness (QED) is 0.699. The number of hydrogen-bond donors (Lipinski definition) is 0. The Morgan fingerprint density at radius 2 is 2.05 bits per heavy atom. The third kappa shape index (κ3) is 4.92. The minimum absolute atomic E-state index is 0. The summed E-state index contributed by atoms with van der Waals surface area (Å²) in [5, 5.41) is 4.06. The molecule has 0 aliphatic carbocycles. The summed E-state index contributed by atoms with van der Waals surface area (Å²) in [5.41, 5.74) is 0.173. The van der Waals surface area contributed by atoms with Crippen LogP contribution in [0.25, 0.3) is 0 Å². The van der Waals surface area contributed by atoms with Crippen LogP contribution in [0.4, 0.5) is 12.9 Å². The summed E-state index contributed by atoms with van der Waals surface area (Å²) in [7, 11) is 0. The maximum atomic E-state index is 12.6. The van der Waals surface area contributed by atoms with Gasteiger partial charge in [-0.15, -0.1) is 5.46 Å². The Bertz CT molecular complexity index is 560. The van der Waals surface area contributed by atoms with E-state index in [2.05, 4.69) is 5.10 Å². The normalized spacial score (nSPS) is 11.0. The molecule has 0 aliphatic heterocycles. The SMILES string of the molecule is CCn1cc(COc2cccc([B-](F)(F)F)c2)cn1.[K+]. The van der Waals surface area contributed by atoms with E-state index >= 15 is 0 Å². The van der Waals surface area contributed by atoms with Crippen molar-refractivity contribution in [1.29, 1.82) is 0 Å². The van der Waals surface area contributed by atoms with Crippen LogP contribution in [0.5, 0.6) is 5.75 Å². The van der Waals surface area contributed by atoms with E-state index < -0.39 is 12.4 Å². The molecule has 1 aromatic carbocycles. The van der Waals surface area contributed by atoms with E-state index in [4.69, 9.17) is 4.74 Å². The van der Waals surface area contributed by atoms with Gasteiger partial charge < -0.3 is 17.7 Å². The van der Waals surface area contributed by atoms with Crippen molar-refractivity contribution in [3.63, 3.8) is 0 Å². The molecule has 2 aromatic rings. The van der Waals surface area contributed by atoms with Gasteiger partial charge in [-0.2, -0.15) is 5.10 Å². The maximum absolute atomic E-state index is 12.6. The van der Waals surface area contributed by atoms with Gasteiger partial charge in [0.25, 0.3) is 0 Å². The summed E-state index contributed by atoms with van der Waals surface area (Å²) in [6, 6.07) is 4.91. The molecule has 0 radical (unpaired) electrons. The molecular formula is C12H13BF3KN2O. The average Bonchev–Trinajstić information content (AvgIpc) is 2.84. The van der Waals surface area contributed by atoms with Gasteiger partial charge in [-0.25, -0.2) is 0 Å². The largest absolute Gasteiger partial charge is 1.00 e. The predicted octanol–water partition coefficient (Wildman–Crippen LogP) is -0.460. The fourth-order valence-electron chi connectivity index (χ4n) is 1.63. The standard InChI is InChI=1S/C12H13BF3N2O.K/c1-2-18-8-10(7-17-18)9-19-12-5-3-4-11(6-12)13(14,15)16;/h3-8H,2,9H2,1H3;/q-1;+1. The Kier molecular flexibility index (Phi) is 6.80. The van der Waals surface area contributed by atoms with Gasteiger partial charge in [0.1, 0.15) is 12.4 Å². The van der Waals surface area contributed by atoms with E-state index in [-0.39, 0.29) is 63.7 Å². The van der Waals surface area contributed by atoms with E-state index in [1.165, 1.54) is 12.1 Å². The molecule has 0 fully saturated rings. The Morgan fingerprint density at radius 1 is 1.30 bits per heavy atom. The smallest absolute Gasteiger partial charge is 0.489 e. The summed E-state index contributed by atoms with van der Waals surface area (Å²) in [6.07, 6.45) is 3.44. The number of hydrogen-bond acceptors (Lipinski definition) is 2. The van der Waals surface area contributed by atoms with Crippen molar-refractivity contribution in [3.05, 3.63) is 42.2 Å². The van der Waals surface area contributed by atoms with Crippen LogP contribution in [0.3, 0.4) is 0 Å². The molecule has 2 rings (SSSR count). The molecular weight excluding hydrogens is 295 g/mol. The van der Waals surface area contributed by atoms with Gasteiger partial charge in [0.2, 0.25) is 0 Å². The first-order valence-electron chi connectivity index (χ1n) is 5.93. The van der Waals surface area contributed by atoms with Crippen molar-refractivity contribution in [2.75, 3.05) is 0 Å². The van der Waals surface area contributed by atoms with Crippen LogP contribution >= 0.6 is 0 Å². The molecule has 1 heterocycles.